The van der Waals surface area contributed by atoms with Crippen LogP contribution in [0, 0.1) is 5.92 Å². The highest BCUT2D eigenvalue weighted by Gasteiger charge is 2.36. The van der Waals surface area contributed by atoms with Crippen molar-refractivity contribution >= 4 is 10.2 Å². The fourth-order valence-electron chi connectivity index (χ4n) is 3.79. The Morgan fingerprint density at radius 1 is 0.962 bits per heavy atom. The third kappa shape index (κ3) is 4.18. The van der Waals surface area contributed by atoms with Gasteiger partial charge in [0.25, 0.3) is 10.2 Å². The van der Waals surface area contributed by atoms with E-state index in [0.717, 1.165) is 37.8 Å². The summed E-state index contributed by atoms with van der Waals surface area (Å²) >= 11 is 0. The zero-order valence-corrected chi connectivity index (χ0v) is 16.0. The van der Waals surface area contributed by atoms with E-state index in [1.807, 2.05) is 12.1 Å². The Labute approximate surface area is 155 Å². The van der Waals surface area contributed by atoms with E-state index in [1.54, 1.807) is 8.61 Å². The molecule has 0 spiro atoms. The van der Waals surface area contributed by atoms with Crippen LogP contribution in [0.3, 0.4) is 0 Å². The summed E-state index contributed by atoms with van der Waals surface area (Å²) in [7, 11) is -3.33. The van der Waals surface area contributed by atoms with E-state index in [1.165, 1.54) is 12.8 Å². The maximum absolute atomic E-state index is 12.9. The van der Waals surface area contributed by atoms with Crippen LogP contribution in [0.2, 0.25) is 0 Å². The summed E-state index contributed by atoms with van der Waals surface area (Å²) in [5.74, 6) is 1.33. The third-order valence-electron chi connectivity index (χ3n) is 5.59. The molecule has 0 amide bonds. The smallest absolute Gasteiger partial charge is 0.281 e. The zero-order chi connectivity index (χ0) is 18.0. The molecule has 4 rings (SSSR count). The first-order chi connectivity index (χ1) is 12.6. The summed E-state index contributed by atoms with van der Waals surface area (Å²) in [5, 5.41) is 8.36. The van der Waals surface area contributed by atoms with Gasteiger partial charge in [-0.1, -0.05) is 12.8 Å². The van der Waals surface area contributed by atoms with Crippen molar-refractivity contribution in [2.75, 3.05) is 32.8 Å². The fourth-order valence-corrected chi connectivity index (χ4v) is 5.57. The Hall–Kier alpha value is -1.25. The van der Waals surface area contributed by atoms with Crippen LogP contribution in [0.1, 0.15) is 56.6 Å². The molecule has 3 aliphatic rings. The largest absolute Gasteiger partial charge is 0.476 e. The van der Waals surface area contributed by atoms with Crippen LogP contribution in [-0.2, 0) is 10.2 Å². The molecule has 26 heavy (non-hydrogen) atoms. The number of rotatable bonds is 6. The lowest BCUT2D eigenvalue weighted by Crippen LogP contribution is -2.43. The lowest BCUT2D eigenvalue weighted by molar-refractivity contribution is 0.242. The second-order valence-corrected chi connectivity index (χ2v) is 9.64. The average molecular weight is 381 g/mol. The molecule has 0 aromatic carbocycles. The lowest BCUT2D eigenvalue weighted by atomic mass is 10.1. The van der Waals surface area contributed by atoms with Crippen LogP contribution in [-0.4, -0.2) is 60.0 Å². The van der Waals surface area contributed by atoms with Crippen LogP contribution in [0.5, 0.6) is 5.88 Å². The molecule has 1 saturated carbocycles. The molecule has 3 heterocycles. The molecule has 0 radical (unpaired) electrons. The van der Waals surface area contributed by atoms with Crippen LogP contribution in [0.4, 0.5) is 0 Å². The average Bonchev–Trinajstić information content (AvgIpc) is 3.43. The maximum atomic E-state index is 12.9. The standard InChI is InChI=1S/C18H28N4O3S/c23-26(24,21-10-3-1-2-4-11-21)22-12-9-15(13-22)14-25-18-8-7-17(19-20-18)16-5-6-16/h7-8,15-16H,1-6,9-14H2. The Morgan fingerprint density at radius 2 is 1.73 bits per heavy atom. The Kier molecular flexibility index (Phi) is 5.42. The molecule has 144 valence electrons. The molecule has 1 unspecified atom stereocenters. The van der Waals surface area contributed by atoms with Gasteiger partial charge in [0, 0.05) is 44.1 Å². The van der Waals surface area contributed by atoms with Gasteiger partial charge in [-0.15, -0.1) is 5.10 Å². The van der Waals surface area contributed by atoms with Crippen LogP contribution >= 0.6 is 0 Å². The molecule has 8 heteroatoms. The number of hydrogen-bond donors (Lipinski definition) is 0. The van der Waals surface area contributed by atoms with Crippen molar-refractivity contribution in [3.63, 3.8) is 0 Å². The number of ether oxygens (including phenoxy) is 1. The molecule has 0 bridgehead atoms. The second kappa shape index (κ2) is 7.78. The highest BCUT2D eigenvalue weighted by atomic mass is 32.2. The second-order valence-electron chi connectivity index (χ2n) is 7.72. The molecular formula is C18H28N4O3S. The fraction of sp³-hybridized carbons (Fsp3) is 0.778. The zero-order valence-electron chi connectivity index (χ0n) is 15.2. The van der Waals surface area contributed by atoms with Gasteiger partial charge in [-0.05, 0) is 38.2 Å². The minimum Gasteiger partial charge on any atom is -0.476 e. The highest BCUT2D eigenvalue weighted by Crippen LogP contribution is 2.38. The summed E-state index contributed by atoms with van der Waals surface area (Å²) in [6, 6.07) is 3.87. The van der Waals surface area contributed by atoms with Gasteiger partial charge in [0.15, 0.2) is 0 Å². The number of hydrogen-bond acceptors (Lipinski definition) is 5. The van der Waals surface area contributed by atoms with Gasteiger partial charge in [0.2, 0.25) is 5.88 Å². The van der Waals surface area contributed by atoms with E-state index in [-0.39, 0.29) is 5.92 Å². The summed E-state index contributed by atoms with van der Waals surface area (Å²) in [5.41, 5.74) is 1.05. The van der Waals surface area contributed by atoms with Gasteiger partial charge in [0.05, 0.1) is 12.3 Å². The van der Waals surface area contributed by atoms with Crippen molar-refractivity contribution in [3.8, 4) is 5.88 Å². The van der Waals surface area contributed by atoms with Crippen molar-refractivity contribution in [2.45, 2.75) is 50.9 Å². The van der Waals surface area contributed by atoms with Crippen molar-refractivity contribution in [3.05, 3.63) is 17.8 Å². The normalized spacial score (nSPS) is 25.9. The van der Waals surface area contributed by atoms with Gasteiger partial charge in [-0.2, -0.15) is 22.1 Å². The van der Waals surface area contributed by atoms with Crippen LogP contribution in [0.15, 0.2) is 12.1 Å². The van der Waals surface area contributed by atoms with E-state index in [9.17, 15) is 8.42 Å². The van der Waals surface area contributed by atoms with E-state index in [0.29, 0.717) is 44.6 Å². The predicted molar refractivity (Wildman–Crippen MR) is 98.1 cm³/mol. The molecule has 7 nitrogen and oxygen atoms in total. The van der Waals surface area contributed by atoms with Crippen LogP contribution < -0.4 is 4.74 Å². The summed E-state index contributed by atoms with van der Waals surface area (Å²) in [6.07, 6.45) is 7.44. The van der Waals surface area contributed by atoms with Crippen molar-refractivity contribution in [1.29, 1.82) is 0 Å². The first-order valence-electron chi connectivity index (χ1n) is 9.84. The summed E-state index contributed by atoms with van der Waals surface area (Å²) in [6.45, 7) is 2.92. The molecule has 0 N–H and O–H groups in total. The molecule has 1 aliphatic carbocycles. The van der Waals surface area contributed by atoms with E-state index in [4.69, 9.17) is 4.74 Å². The monoisotopic (exact) mass is 380 g/mol. The van der Waals surface area contributed by atoms with Gasteiger partial charge in [0.1, 0.15) is 0 Å². The molecule has 1 aromatic rings. The van der Waals surface area contributed by atoms with Gasteiger partial charge in [-0.3, -0.25) is 0 Å². The molecule has 2 saturated heterocycles. The highest BCUT2D eigenvalue weighted by molar-refractivity contribution is 7.86. The van der Waals surface area contributed by atoms with Crippen molar-refractivity contribution in [2.24, 2.45) is 5.92 Å². The van der Waals surface area contributed by atoms with Crippen molar-refractivity contribution in [1.82, 2.24) is 18.8 Å². The molecule has 2 aliphatic heterocycles. The van der Waals surface area contributed by atoms with Gasteiger partial charge < -0.3 is 4.74 Å². The topological polar surface area (TPSA) is 75.6 Å². The SMILES string of the molecule is O=S(=O)(N1CCCCCC1)N1CCC(COc2ccc(C3CC3)nn2)C1. The lowest BCUT2D eigenvalue weighted by Gasteiger charge is -2.26. The first kappa shape index (κ1) is 18.1. The van der Waals surface area contributed by atoms with Gasteiger partial charge >= 0.3 is 0 Å². The third-order valence-corrected chi connectivity index (χ3v) is 7.59. The van der Waals surface area contributed by atoms with Crippen molar-refractivity contribution < 1.29 is 13.2 Å². The molecule has 1 aromatic heterocycles. The Morgan fingerprint density at radius 3 is 2.38 bits per heavy atom. The Bertz CT molecular complexity index is 698. The van der Waals surface area contributed by atoms with Crippen LogP contribution in [0.25, 0.3) is 0 Å². The minimum atomic E-state index is -3.33. The maximum Gasteiger partial charge on any atom is 0.281 e. The van der Waals surface area contributed by atoms with E-state index >= 15 is 0 Å². The number of aromatic nitrogens is 2. The van der Waals surface area contributed by atoms with Gasteiger partial charge in [-0.25, -0.2) is 0 Å². The van der Waals surface area contributed by atoms with E-state index in [2.05, 4.69) is 10.2 Å². The Balaban J connectivity index is 1.28. The van der Waals surface area contributed by atoms with E-state index < -0.39 is 10.2 Å². The summed E-state index contributed by atoms with van der Waals surface area (Å²) < 4.78 is 34.8. The minimum absolute atomic E-state index is 0.210. The first-order valence-corrected chi connectivity index (χ1v) is 11.2. The summed E-state index contributed by atoms with van der Waals surface area (Å²) in [4.78, 5) is 0. The molecule has 1 atom stereocenters. The number of nitrogens with zero attached hydrogens (tertiary/aromatic N) is 4. The predicted octanol–water partition coefficient (Wildman–Crippen LogP) is 2.18. The quantitative estimate of drug-likeness (QED) is 0.756. The molecule has 3 fully saturated rings. The molecular weight excluding hydrogens is 352 g/mol.